The summed E-state index contributed by atoms with van der Waals surface area (Å²) in [5.74, 6) is 1.76. The molecular formula is C27H23N3O4S. The Kier molecular flexibility index (Phi) is 5.18. The second-order valence-corrected chi connectivity index (χ2v) is 9.58. The lowest BCUT2D eigenvalue weighted by molar-refractivity contribution is -0.127. The summed E-state index contributed by atoms with van der Waals surface area (Å²) in [6.07, 6.45) is 2.55. The van der Waals surface area contributed by atoms with Crippen LogP contribution >= 0.6 is 11.8 Å². The van der Waals surface area contributed by atoms with Gasteiger partial charge in [0.2, 0.25) is 0 Å². The molecule has 0 aliphatic carbocycles. The van der Waals surface area contributed by atoms with Crippen molar-refractivity contribution in [3.8, 4) is 17.2 Å². The Morgan fingerprint density at radius 3 is 2.63 bits per heavy atom. The smallest absolute Gasteiger partial charge is 0.336 e. The largest absolute Gasteiger partial charge is 0.493 e. The first kappa shape index (κ1) is 21.6. The van der Waals surface area contributed by atoms with Crippen LogP contribution in [0.1, 0.15) is 29.2 Å². The van der Waals surface area contributed by atoms with Crippen molar-refractivity contribution < 1.29 is 19.0 Å². The summed E-state index contributed by atoms with van der Waals surface area (Å²) in [4.78, 5) is 13.7. The number of thioether (sulfide) groups is 1. The van der Waals surface area contributed by atoms with Crippen LogP contribution < -0.4 is 19.5 Å². The number of nitrogens with one attached hydrogen (secondary N) is 1. The quantitative estimate of drug-likeness (QED) is 0.537. The van der Waals surface area contributed by atoms with E-state index < -0.39 is 5.18 Å². The highest BCUT2D eigenvalue weighted by Gasteiger charge is 2.57. The lowest BCUT2D eigenvalue weighted by atomic mass is 9.97. The van der Waals surface area contributed by atoms with Gasteiger partial charge in [-0.25, -0.2) is 5.01 Å². The summed E-state index contributed by atoms with van der Waals surface area (Å²) in [7, 11) is 3.18. The first-order valence-electron chi connectivity index (χ1n) is 11.3. The molecule has 3 aromatic rings. The van der Waals surface area contributed by atoms with Gasteiger partial charge in [0.15, 0.2) is 11.5 Å². The molecule has 1 saturated heterocycles. The Labute approximate surface area is 207 Å². The zero-order chi connectivity index (χ0) is 24.0. The first-order valence-corrected chi connectivity index (χ1v) is 12.1. The van der Waals surface area contributed by atoms with E-state index in [4.69, 9.17) is 19.3 Å². The molecule has 0 bridgehead atoms. The van der Waals surface area contributed by atoms with Crippen molar-refractivity contribution in [1.82, 2.24) is 10.3 Å². The fourth-order valence-electron chi connectivity index (χ4n) is 4.64. The molecule has 3 aliphatic rings. The van der Waals surface area contributed by atoms with Crippen LogP contribution in [0.5, 0.6) is 17.2 Å². The summed E-state index contributed by atoms with van der Waals surface area (Å²) in [5.41, 5.74) is 3.90. The lowest BCUT2D eigenvalue weighted by Gasteiger charge is -2.43. The minimum Gasteiger partial charge on any atom is -0.493 e. The molecule has 176 valence electrons. The number of methoxy groups -OCH3 is 2. The van der Waals surface area contributed by atoms with Crippen LogP contribution in [0.15, 0.2) is 82.8 Å². The summed E-state index contributed by atoms with van der Waals surface area (Å²) in [6, 6.07) is 23.5. The van der Waals surface area contributed by atoms with Crippen molar-refractivity contribution in [2.45, 2.75) is 17.6 Å². The molecule has 3 aromatic carbocycles. The zero-order valence-electron chi connectivity index (χ0n) is 19.2. The number of rotatable bonds is 4. The van der Waals surface area contributed by atoms with Crippen molar-refractivity contribution in [3.63, 3.8) is 0 Å². The number of hydrogen-bond donors (Lipinski definition) is 1. The van der Waals surface area contributed by atoms with Gasteiger partial charge in [0.1, 0.15) is 5.75 Å². The SMILES string of the molecule is COc1ccc(/C=C2\S[C@]3(NC2=O)Oc2ccccc2[C@@H]2CC(c4ccccc4)=NN23)cc1OC. The molecule has 3 aliphatic heterocycles. The Balaban J connectivity index is 1.39. The highest BCUT2D eigenvalue weighted by Crippen LogP contribution is 2.53. The maximum Gasteiger partial charge on any atom is 0.336 e. The van der Waals surface area contributed by atoms with Crippen LogP contribution in [0.2, 0.25) is 0 Å². The number of carbonyl (C=O) groups excluding carboxylic acids is 1. The van der Waals surface area contributed by atoms with Crippen molar-refractivity contribution in [3.05, 3.63) is 94.4 Å². The van der Waals surface area contributed by atoms with Crippen LogP contribution in [0.25, 0.3) is 6.08 Å². The van der Waals surface area contributed by atoms with Gasteiger partial charge in [-0.15, -0.1) is 0 Å². The van der Waals surface area contributed by atoms with Gasteiger partial charge in [-0.3, -0.25) is 10.1 Å². The lowest BCUT2D eigenvalue weighted by Crippen LogP contribution is -2.58. The Hall–Kier alpha value is -3.91. The van der Waals surface area contributed by atoms with E-state index in [1.807, 2.05) is 65.7 Å². The third kappa shape index (κ3) is 3.61. The molecule has 1 amide bonds. The molecule has 0 saturated carbocycles. The Bertz CT molecular complexity index is 1370. The number of ether oxygens (including phenoxy) is 3. The normalized spacial score (nSPS) is 23.4. The number of nitrogens with zero attached hydrogens (tertiary/aromatic N) is 2. The van der Waals surface area contributed by atoms with Crippen LogP contribution in [-0.4, -0.2) is 36.0 Å². The second-order valence-electron chi connectivity index (χ2n) is 8.38. The fraction of sp³-hybridized carbons (Fsp3) is 0.185. The van der Waals surface area contributed by atoms with Crippen molar-refractivity contribution >= 4 is 29.5 Å². The number of benzene rings is 3. The molecule has 0 unspecified atom stereocenters. The fourth-order valence-corrected chi connectivity index (χ4v) is 5.81. The monoisotopic (exact) mass is 485 g/mol. The van der Waals surface area contributed by atoms with Crippen LogP contribution in [0.4, 0.5) is 0 Å². The number of carbonyl (C=O) groups is 1. The number of para-hydroxylation sites is 1. The molecule has 2 atom stereocenters. The van der Waals surface area contributed by atoms with Crippen LogP contribution in [0, 0.1) is 0 Å². The standard InChI is InChI=1S/C27H23N3O4S/c1-32-23-13-12-17(14-24(23)33-2)15-25-26(31)28-27(35-25)30-21(19-10-6-7-11-22(19)34-27)16-20(29-30)18-8-4-3-5-9-18/h3-15,21H,16H2,1-2H3,(H,28,31)/b25-15-/t21-,27-/m0/s1. The van der Waals surface area contributed by atoms with Gasteiger partial charge in [0.05, 0.1) is 30.9 Å². The predicted molar refractivity (Wildman–Crippen MR) is 135 cm³/mol. The van der Waals surface area contributed by atoms with Crippen molar-refractivity contribution in [1.29, 1.82) is 0 Å². The molecule has 1 spiro atoms. The third-order valence-electron chi connectivity index (χ3n) is 6.29. The number of fused-ring (bicyclic) bond motifs is 4. The Morgan fingerprint density at radius 1 is 1.06 bits per heavy atom. The molecule has 8 heteroatoms. The summed E-state index contributed by atoms with van der Waals surface area (Å²) in [5, 5.41) is 8.76. The van der Waals surface area contributed by atoms with Gasteiger partial charge in [-0.05, 0) is 47.2 Å². The highest BCUT2D eigenvalue weighted by molar-refractivity contribution is 8.05. The maximum atomic E-state index is 13.2. The molecule has 35 heavy (non-hydrogen) atoms. The minimum atomic E-state index is -1.17. The number of hydrazone groups is 1. The van der Waals surface area contributed by atoms with E-state index >= 15 is 0 Å². The van der Waals surface area contributed by atoms with Gasteiger partial charge < -0.3 is 14.2 Å². The Morgan fingerprint density at radius 2 is 1.83 bits per heavy atom. The van der Waals surface area contributed by atoms with E-state index in [1.54, 1.807) is 14.2 Å². The highest BCUT2D eigenvalue weighted by atomic mass is 32.2. The molecule has 1 N–H and O–H groups in total. The van der Waals surface area contributed by atoms with E-state index in [2.05, 4.69) is 23.5 Å². The summed E-state index contributed by atoms with van der Waals surface area (Å²) in [6.45, 7) is 0. The topological polar surface area (TPSA) is 72.4 Å². The maximum absolute atomic E-state index is 13.2. The average molecular weight is 486 g/mol. The van der Waals surface area contributed by atoms with Gasteiger partial charge in [-0.1, -0.05) is 54.6 Å². The molecule has 0 radical (unpaired) electrons. The molecule has 6 rings (SSSR count). The van der Waals surface area contributed by atoms with Gasteiger partial charge in [-0.2, -0.15) is 5.10 Å². The second kappa shape index (κ2) is 8.39. The first-order chi connectivity index (χ1) is 17.1. The van der Waals surface area contributed by atoms with Crippen molar-refractivity contribution in [2.24, 2.45) is 5.10 Å². The molecule has 7 nitrogen and oxygen atoms in total. The van der Waals surface area contributed by atoms with Gasteiger partial charge in [0.25, 0.3) is 5.91 Å². The van der Waals surface area contributed by atoms with Crippen LogP contribution in [-0.2, 0) is 4.79 Å². The molecule has 0 aromatic heterocycles. The van der Waals surface area contributed by atoms with E-state index in [-0.39, 0.29) is 11.9 Å². The average Bonchev–Trinajstić information content (AvgIpc) is 3.47. The number of hydrogen-bond acceptors (Lipinski definition) is 7. The third-order valence-corrected chi connectivity index (χ3v) is 7.47. The van der Waals surface area contributed by atoms with E-state index in [9.17, 15) is 4.79 Å². The van der Waals surface area contributed by atoms with Gasteiger partial charge in [0, 0.05) is 12.0 Å². The summed E-state index contributed by atoms with van der Waals surface area (Å²) < 4.78 is 17.2. The van der Waals surface area contributed by atoms with Crippen molar-refractivity contribution in [2.75, 3.05) is 14.2 Å². The minimum absolute atomic E-state index is 0.0524. The predicted octanol–water partition coefficient (Wildman–Crippen LogP) is 4.76. The zero-order valence-corrected chi connectivity index (χ0v) is 20.0. The summed E-state index contributed by atoms with van der Waals surface area (Å²) >= 11 is 1.32. The molecular weight excluding hydrogens is 462 g/mol. The van der Waals surface area contributed by atoms with E-state index in [0.717, 1.165) is 34.6 Å². The van der Waals surface area contributed by atoms with E-state index in [1.165, 1.54) is 11.8 Å². The van der Waals surface area contributed by atoms with E-state index in [0.29, 0.717) is 16.4 Å². The van der Waals surface area contributed by atoms with Gasteiger partial charge >= 0.3 is 5.18 Å². The molecule has 1 fully saturated rings. The van der Waals surface area contributed by atoms with Crippen LogP contribution in [0.3, 0.4) is 0 Å². The molecule has 3 heterocycles. The number of amides is 1.